The van der Waals surface area contributed by atoms with Crippen LogP contribution in [-0.2, 0) is 9.53 Å². The Morgan fingerprint density at radius 1 is 1.17 bits per heavy atom. The summed E-state index contributed by atoms with van der Waals surface area (Å²) in [6.07, 6.45) is 4.66. The molecule has 0 aliphatic carbocycles. The highest BCUT2D eigenvalue weighted by Crippen LogP contribution is 2.21. The van der Waals surface area contributed by atoms with Gasteiger partial charge in [0.1, 0.15) is 0 Å². The minimum absolute atomic E-state index is 0.0612. The number of rotatable bonds is 8. The quantitative estimate of drug-likeness (QED) is 0.641. The summed E-state index contributed by atoms with van der Waals surface area (Å²) >= 11 is 0. The zero-order valence-electron chi connectivity index (χ0n) is 11.5. The van der Waals surface area contributed by atoms with E-state index in [-0.39, 0.29) is 5.97 Å². The molecule has 0 radical (unpaired) electrons. The molecule has 0 aromatic heterocycles. The van der Waals surface area contributed by atoms with Crippen molar-refractivity contribution in [3.05, 3.63) is 35.9 Å². The zero-order chi connectivity index (χ0) is 13.2. The van der Waals surface area contributed by atoms with E-state index in [1.807, 2.05) is 18.2 Å². The summed E-state index contributed by atoms with van der Waals surface area (Å²) in [4.78, 5) is 11.5. The second-order valence-electron chi connectivity index (χ2n) is 4.68. The Kier molecular flexibility index (Phi) is 7.16. The number of benzene rings is 1. The number of hydrogen-bond acceptors (Lipinski definition) is 2. The van der Waals surface area contributed by atoms with Crippen molar-refractivity contribution in [3.63, 3.8) is 0 Å². The molecule has 1 aromatic rings. The molecule has 0 N–H and O–H groups in total. The molecule has 0 fully saturated rings. The fourth-order valence-corrected chi connectivity index (χ4v) is 2.01. The molecule has 1 rings (SSSR count). The third-order valence-corrected chi connectivity index (χ3v) is 3.09. The lowest BCUT2D eigenvalue weighted by Crippen LogP contribution is -2.12. The van der Waals surface area contributed by atoms with Gasteiger partial charge in [0, 0.05) is 12.3 Å². The minimum Gasteiger partial charge on any atom is -0.465 e. The summed E-state index contributed by atoms with van der Waals surface area (Å²) in [5.74, 6) is 0.274. The molecule has 1 aromatic carbocycles. The van der Waals surface area contributed by atoms with E-state index in [0.717, 1.165) is 25.7 Å². The molecule has 1 atom stereocenters. The van der Waals surface area contributed by atoms with E-state index in [1.165, 1.54) is 5.56 Å². The molecule has 0 saturated heterocycles. The normalized spacial score (nSPS) is 12.1. The Hall–Kier alpha value is -1.31. The highest BCUT2D eigenvalue weighted by atomic mass is 16.5. The van der Waals surface area contributed by atoms with Crippen LogP contribution in [-0.4, -0.2) is 12.6 Å². The SMILES string of the molecule is CCCCC(=O)OCC(CCC)c1ccccc1. The standard InChI is InChI=1S/C16H24O2/c1-3-5-12-16(17)18-13-15(9-4-2)14-10-7-6-8-11-14/h6-8,10-11,15H,3-5,9,12-13H2,1-2H3. The average molecular weight is 248 g/mol. The zero-order valence-corrected chi connectivity index (χ0v) is 11.5. The largest absolute Gasteiger partial charge is 0.465 e. The van der Waals surface area contributed by atoms with Gasteiger partial charge >= 0.3 is 5.97 Å². The molecule has 2 nitrogen and oxygen atoms in total. The van der Waals surface area contributed by atoms with Gasteiger partial charge in [0.2, 0.25) is 0 Å². The van der Waals surface area contributed by atoms with Gasteiger partial charge in [0.25, 0.3) is 0 Å². The first-order valence-corrected chi connectivity index (χ1v) is 6.98. The number of unbranched alkanes of at least 4 members (excludes halogenated alkanes) is 1. The first-order valence-electron chi connectivity index (χ1n) is 6.98. The van der Waals surface area contributed by atoms with Crippen LogP contribution >= 0.6 is 0 Å². The van der Waals surface area contributed by atoms with Gasteiger partial charge < -0.3 is 4.74 Å². The van der Waals surface area contributed by atoms with E-state index in [9.17, 15) is 4.79 Å². The van der Waals surface area contributed by atoms with Gasteiger partial charge in [-0.2, -0.15) is 0 Å². The van der Waals surface area contributed by atoms with Gasteiger partial charge in [-0.15, -0.1) is 0 Å². The molecule has 1 unspecified atom stereocenters. The van der Waals surface area contributed by atoms with Crippen LogP contribution in [0.3, 0.4) is 0 Å². The summed E-state index contributed by atoms with van der Waals surface area (Å²) in [5, 5.41) is 0. The Morgan fingerprint density at radius 3 is 2.50 bits per heavy atom. The van der Waals surface area contributed by atoms with E-state index in [0.29, 0.717) is 18.9 Å². The van der Waals surface area contributed by atoms with Crippen molar-refractivity contribution >= 4 is 5.97 Å². The number of carbonyl (C=O) groups is 1. The third-order valence-electron chi connectivity index (χ3n) is 3.09. The van der Waals surface area contributed by atoms with Gasteiger partial charge in [0.15, 0.2) is 0 Å². The van der Waals surface area contributed by atoms with Crippen LogP contribution in [0.5, 0.6) is 0 Å². The van der Waals surface area contributed by atoms with Crippen LogP contribution in [0.1, 0.15) is 57.4 Å². The Morgan fingerprint density at radius 2 is 1.89 bits per heavy atom. The first kappa shape index (κ1) is 14.7. The third kappa shape index (κ3) is 5.35. The lowest BCUT2D eigenvalue weighted by Gasteiger charge is -2.16. The highest BCUT2D eigenvalue weighted by molar-refractivity contribution is 5.69. The summed E-state index contributed by atoms with van der Waals surface area (Å²) in [7, 11) is 0. The molecule has 18 heavy (non-hydrogen) atoms. The highest BCUT2D eigenvalue weighted by Gasteiger charge is 2.13. The van der Waals surface area contributed by atoms with Gasteiger partial charge in [0.05, 0.1) is 6.61 Å². The van der Waals surface area contributed by atoms with Gasteiger partial charge in [-0.25, -0.2) is 0 Å². The van der Waals surface area contributed by atoms with Crippen LogP contribution in [0.15, 0.2) is 30.3 Å². The number of esters is 1. The minimum atomic E-state index is -0.0612. The monoisotopic (exact) mass is 248 g/mol. The maximum Gasteiger partial charge on any atom is 0.305 e. The van der Waals surface area contributed by atoms with Crippen LogP contribution in [0.4, 0.5) is 0 Å². The summed E-state index contributed by atoms with van der Waals surface area (Å²) < 4.78 is 5.37. The fraction of sp³-hybridized carbons (Fsp3) is 0.562. The summed E-state index contributed by atoms with van der Waals surface area (Å²) in [6, 6.07) is 10.3. The molecular weight excluding hydrogens is 224 g/mol. The van der Waals surface area contributed by atoms with E-state index in [2.05, 4.69) is 26.0 Å². The van der Waals surface area contributed by atoms with E-state index >= 15 is 0 Å². The van der Waals surface area contributed by atoms with Gasteiger partial charge in [-0.05, 0) is 18.4 Å². The van der Waals surface area contributed by atoms with Crippen LogP contribution in [0.25, 0.3) is 0 Å². The smallest absolute Gasteiger partial charge is 0.305 e. The van der Waals surface area contributed by atoms with Crippen LogP contribution < -0.4 is 0 Å². The topological polar surface area (TPSA) is 26.3 Å². The van der Waals surface area contributed by atoms with Crippen molar-refractivity contribution in [2.45, 2.75) is 51.9 Å². The molecule has 0 saturated carbocycles. The van der Waals surface area contributed by atoms with E-state index in [1.54, 1.807) is 0 Å². The van der Waals surface area contributed by atoms with Crippen molar-refractivity contribution in [2.24, 2.45) is 0 Å². The Bertz CT molecular complexity index is 332. The van der Waals surface area contributed by atoms with Crippen molar-refractivity contribution in [3.8, 4) is 0 Å². The lowest BCUT2D eigenvalue weighted by molar-refractivity contribution is -0.144. The van der Waals surface area contributed by atoms with Gasteiger partial charge in [-0.3, -0.25) is 4.79 Å². The summed E-state index contributed by atoms with van der Waals surface area (Å²) in [6.45, 7) is 4.76. The lowest BCUT2D eigenvalue weighted by atomic mass is 9.95. The molecule has 0 bridgehead atoms. The number of hydrogen-bond donors (Lipinski definition) is 0. The predicted molar refractivity (Wildman–Crippen MR) is 74.6 cm³/mol. The first-order chi connectivity index (χ1) is 8.77. The molecule has 0 heterocycles. The van der Waals surface area contributed by atoms with Crippen molar-refractivity contribution < 1.29 is 9.53 Å². The van der Waals surface area contributed by atoms with Crippen LogP contribution in [0.2, 0.25) is 0 Å². The molecule has 0 aliphatic rings. The van der Waals surface area contributed by atoms with E-state index < -0.39 is 0 Å². The average Bonchev–Trinajstić information content (AvgIpc) is 2.42. The Labute approximate surface area is 110 Å². The second-order valence-corrected chi connectivity index (χ2v) is 4.68. The van der Waals surface area contributed by atoms with Gasteiger partial charge in [-0.1, -0.05) is 57.0 Å². The van der Waals surface area contributed by atoms with Crippen molar-refractivity contribution in [1.82, 2.24) is 0 Å². The maximum absolute atomic E-state index is 11.5. The molecular formula is C16H24O2. The number of carbonyl (C=O) groups excluding carboxylic acids is 1. The van der Waals surface area contributed by atoms with Crippen molar-refractivity contribution in [1.29, 1.82) is 0 Å². The Balaban J connectivity index is 2.46. The second kappa shape index (κ2) is 8.73. The predicted octanol–water partition coefficient (Wildman–Crippen LogP) is 4.30. The van der Waals surface area contributed by atoms with Crippen molar-refractivity contribution in [2.75, 3.05) is 6.61 Å². The maximum atomic E-state index is 11.5. The molecule has 0 aliphatic heterocycles. The fourth-order valence-electron chi connectivity index (χ4n) is 2.01. The molecule has 2 heteroatoms. The molecule has 100 valence electrons. The van der Waals surface area contributed by atoms with E-state index in [4.69, 9.17) is 4.74 Å². The summed E-state index contributed by atoms with van der Waals surface area (Å²) in [5.41, 5.74) is 1.27. The molecule has 0 amide bonds. The number of ether oxygens (including phenoxy) is 1. The molecule has 0 spiro atoms. The van der Waals surface area contributed by atoms with Crippen LogP contribution in [0, 0.1) is 0 Å².